The number of hydrogen-bond acceptors (Lipinski definition) is 3. The lowest BCUT2D eigenvalue weighted by molar-refractivity contribution is 0.214. The van der Waals surface area contributed by atoms with Crippen LogP contribution in [0.5, 0.6) is 0 Å². The first-order valence-corrected chi connectivity index (χ1v) is 9.62. The average Bonchev–Trinajstić information content (AvgIpc) is 2.75. The molecule has 1 unspecified atom stereocenters. The molecule has 1 heterocycles. The Balaban J connectivity index is 0.00000225. The van der Waals surface area contributed by atoms with E-state index >= 15 is 0 Å². The Labute approximate surface area is 173 Å². The number of aliphatic hydroxyl groups is 1. The first kappa shape index (κ1) is 20.4. The summed E-state index contributed by atoms with van der Waals surface area (Å²) < 4.78 is 0. The zero-order valence-electron chi connectivity index (χ0n) is 15.9. The molecule has 3 aromatic carbocycles. The van der Waals surface area contributed by atoms with Crippen molar-refractivity contribution >= 4 is 18.1 Å². The molecule has 1 fully saturated rings. The van der Waals surface area contributed by atoms with Crippen molar-refractivity contribution in [3.8, 4) is 0 Å². The number of aliphatic hydroxyl groups excluding tert-OH is 1. The van der Waals surface area contributed by atoms with E-state index in [-0.39, 0.29) is 25.1 Å². The van der Waals surface area contributed by atoms with Crippen LogP contribution >= 0.6 is 12.4 Å². The van der Waals surface area contributed by atoms with E-state index in [1.807, 2.05) is 12.1 Å². The second-order valence-corrected chi connectivity index (χ2v) is 7.13. The third kappa shape index (κ3) is 4.56. The van der Waals surface area contributed by atoms with Crippen molar-refractivity contribution in [2.75, 3.05) is 24.5 Å². The predicted octanol–water partition coefficient (Wildman–Crippen LogP) is 4.66. The summed E-state index contributed by atoms with van der Waals surface area (Å²) in [7, 11) is 0. The zero-order valence-corrected chi connectivity index (χ0v) is 16.8. The van der Waals surface area contributed by atoms with Gasteiger partial charge < -0.3 is 10.0 Å². The number of piperazine rings is 1. The van der Waals surface area contributed by atoms with Gasteiger partial charge in [-0.25, -0.2) is 0 Å². The van der Waals surface area contributed by atoms with E-state index < -0.39 is 0 Å². The summed E-state index contributed by atoms with van der Waals surface area (Å²) >= 11 is 0. The third-order valence-electron chi connectivity index (χ3n) is 5.37. The summed E-state index contributed by atoms with van der Waals surface area (Å²) in [6.45, 7) is 3.97. The van der Waals surface area contributed by atoms with E-state index in [1.165, 1.54) is 11.1 Å². The minimum atomic E-state index is 0. The van der Waals surface area contributed by atoms with Crippen molar-refractivity contribution < 1.29 is 5.11 Å². The minimum Gasteiger partial charge on any atom is -0.392 e. The van der Waals surface area contributed by atoms with E-state index in [0.29, 0.717) is 0 Å². The molecule has 1 aliphatic rings. The Hall–Kier alpha value is -2.33. The molecule has 28 heavy (non-hydrogen) atoms. The monoisotopic (exact) mass is 394 g/mol. The van der Waals surface area contributed by atoms with Gasteiger partial charge in [-0.05, 0) is 17.2 Å². The van der Waals surface area contributed by atoms with Gasteiger partial charge in [-0.15, -0.1) is 12.4 Å². The summed E-state index contributed by atoms with van der Waals surface area (Å²) in [6.07, 6.45) is 0. The van der Waals surface area contributed by atoms with Crippen molar-refractivity contribution in [1.82, 2.24) is 4.90 Å². The van der Waals surface area contributed by atoms with Gasteiger partial charge in [0.05, 0.1) is 12.6 Å². The van der Waals surface area contributed by atoms with Crippen LogP contribution < -0.4 is 4.90 Å². The lowest BCUT2D eigenvalue weighted by Crippen LogP contribution is -2.48. The standard InChI is InChI=1S/C24H26N2O.ClH/c27-19-22-13-7-8-14-23(22)26-16-15-25(17-20-9-3-1-4-10-20)18-24(26)21-11-5-2-6-12-21;/h1-14,24,27H,15-19H2;1H. The number of anilines is 1. The van der Waals surface area contributed by atoms with Crippen molar-refractivity contribution in [2.24, 2.45) is 0 Å². The van der Waals surface area contributed by atoms with Gasteiger partial charge in [0.2, 0.25) is 0 Å². The van der Waals surface area contributed by atoms with Crippen LogP contribution in [0.1, 0.15) is 22.7 Å². The Morgan fingerprint density at radius 2 is 1.43 bits per heavy atom. The summed E-state index contributed by atoms with van der Waals surface area (Å²) in [5.74, 6) is 0. The predicted molar refractivity (Wildman–Crippen MR) is 118 cm³/mol. The molecule has 0 bridgehead atoms. The largest absolute Gasteiger partial charge is 0.392 e. The molecule has 0 radical (unpaired) electrons. The molecular weight excluding hydrogens is 368 g/mol. The maximum absolute atomic E-state index is 9.82. The highest BCUT2D eigenvalue weighted by atomic mass is 35.5. The van der Waals surface area contributed by atoms with E-state index in [4.69, 9.17) is 0 Å². The van der Waals surface area contributed by atoms with Gasteiger partial charge in [-0.3, -0.25) is 4.90 Å². The van der Waals surface area contributed by atoms with Crippen molar-refractivity contribution in [1.29, 1.82) is 0 Å². The van der Waals surface area contributed by atoms with Crippen LogP contribution in [-0.2, 0) is 13.2 Å². The summed E-state index contributed by atoms with van der Waals surface area (Å²) in [4.78, 5) is 4.99. The fourth-order valence-electron chi connectivity index (χ4n) is 4.00. The third-order valence-corrected chi connectivity index (χ3v) is 5.37. The Morgan fingerprint density at radius 3 is 2.14 bits per heavy atom. The van der Waals surface area contributed by atoms with Gasteiger partial charge in [-0.2, -0.15) is 0 Å². The molecule has 3 nitrogen and oxygen atoms in total. The number of hydrogen-bond donors (Lipinski definition) is 1. The zero-order chi connectivity index (χ0) is 18.5. The fraction of sp³-hybridized carbons (Fsp3) is 0.250. The highest BCUT2D eigenvalue weighted by Crippen LogP contribution is 2.33. The van der Waals surface area contributed by atoms with Gasteiger partial charge in [0, 0.05) is 37.4 Å². The maximum atomic E-state index is 9.82. The van der Waals surface area contributed by atoms with Crippen LogP contribution in [0.3, 0.4) is 0 Å². The van der Waals surface area contributed by atoms with Crippen LogP contribution in [0.4, 0.5) is 5.69 Å². The van der Waals surface area contributed by atoms with Crippen molar-refractivity contribution in [2.45, 2.75) is 19.2 Å². The topological polar surface area (TPSA) is 26.7 Å². The number of halogens is 1. The second kappa shape index (κ2) is 9.74. The lowest BCUT2D eigenvalue weighted by Gasteiger charge is -2.44. The highest BCUT2D eigenvalue weighted by Gasteiger charge is 2.29. The van der Waals surface area contributed by atoms with Gasteiger partial charge in [0.1, 0.15) is 0 Å². The van der Waals surface area contributed by atoms with Gasteiger partial charge in [-0.1, -0.05) is 78.9 Å². The molecule has 0 saturated carbocycles. The second-order valence-electron chi connectivity index (χ2n) is 7.13. The molecular formula is C24H27ClN2O. The molecule has 0 spiro atoms. The molecule has 1 N–H and O–H groups in total. The van der Waals surface area contributed by atoms with Gasteiger partial charge >= 0.3 is 0 Å². The number of nitrogens with zero attached hydrogens (tertiary/aromatic N) is 2. The van der Waals surface area contributed by atoms with E-state index in [0.717, 1.165) is 37.4 Å². The molecule has 1 saturated heterocycles. The first-order valence-electron chi connectivity index (χ1n) is 9.62. The van der Waals surface area contributed by atoms with Crippen LogP contribution in [0, 0.1) is 0 Å². The molecule has 1 aliphatic heterocycles. The molecule has 3 aromatic rings. The number of rotatable bonds is 5. The lowest BCUT2D eigenvalue weighted by atomic mass is 9.99. The summed E-state index contributed by atoms with van der Waals surface area (Å²) in [5.41, 5.74) is 4.82. The fourth-order valence-corrected chi connectivity index (χ4v) is 4.00. The molecule has 4 heteroatoms. The molecule has 0 amide bonds. The smallest absolute Gasteiger partial charge is 0.0702 e. The Morgan fingerprint density at radius 1 is 0.786 bits per heavy atom. The summed E-state index contributed by atoms with van der Waals surface area (Å²) in [6, 6.07) is 29.9. The normalized spacial score (nSPS) is 17.2. The molecule has 0 aliphatic carbocycles. The van der Waals surface area contributed by atoms with E-state index in [9.17, 15) is 5.11 Å². The van der Waals surface area contributed by atoms with Crippen LogP contribution in [-0.4, -0.2) is 29.6 Å². The SMILES string of the molecule is Cl.OCc1ccccc1N1CCN(Cc2ccccc2)CC1c1ccccc1. The molecule has 0 aromatic heterocycles. The Kier molecular flexibility index (Phi) is 7.10. The van der Waals surface area contributed by atoms with Crippen LogP contribution in [0.25, 0.3) is 0 Å². The van der Waals surface area contributed by atoms with E-state index in [2.05, 4.69) is 82.6 Å². The summed E-state index contributed by atoms with van der Waals surface area (Å²) in [5, 5.41) is 9.82. The Bertz CT molecular complexity index is 857. The number of benzene rings is 3. The molecule has 146 valence electrons. The first-order chi connectivity index (χ1) is 13.3. The van der Waals surface area contributed by atoms with Crippen LogP contribution in [0.15, 0.2) is 84.9 Å². The van der Waals surface area contributed by atoms with Crippen molar-refractivity contribution in [3.05, 3.63) is 102 Å². The molecule has 4 rings (SSSR count). The quantitative estimate of drug-likeness (QED) is 0.681. The van der Waals surface area contributed by atoms with E-state index in [1.54, 1.807) is 0 Å². The minimum absolute atomic E-state index is 0. The van der Waals surface area contributed by atoms with Crippen molar-refractivity contribution in [3.63, 3.8) is 0 Å². The van der Waals surface area contributed by atoms with Gasteiger partial charge in [0.25, 0.3) is 0 Å². The van der Waals surface area contributed by atoms with Gasteiger partial charge in [0.15, 0.2) is 0 Å². The maximum Gasteiger partial charge on any atom is 0.0702 e. The number of para-hydroxylation sites is 1. The highest BCUT2D eigenvalue weighted by molar-refractivity contribution is 5.85. The molecule has 1 atom stereocenters. The van der Waals surface area contributed by atoms with Crippen LogP contribution in [0.2, 0.25) is 0 Å². The average molecular weight is 395 g/mol.